The van der Waals surface area contributed by atoms with E-state index >= 15 is 0 Å². The Kier molecular flexibility index (Phi) is 4.85. The molecule has 0 aliphatic carbocycles. The van der Waals surface area contributed by atoms with E-state index in [1.54, 1.807) is 6.92 Å². The van der Waals surface area contributed by atoms with Gasteiger partial charge in [0.05, 0.1) is 0 Å². The van der Waals surface area contributed by atoms with Crippen molar-refractivity contribution in [3.05, 3.63) is 41.5 Å². The van der Waals surface area contributed by atoms with Crippen molar-refractivity contribution in [1.29, 1.82) is 0 Å². The lowest BCUT2D eigenvalue weighted by Crippen LogP contribution is -2.24. The minimum Gasteiger partial charge on any atom is -0.481 e. The molecule has 0 radical (unpaired) electrons. The Morgan fingerprint density at radius 1 is 1.29 bits per heavy atom. The first-order valence-electron chi connectivity index (χ1n) is 6.61. The quantitative estimate of drug-likeness (QED) is 0.888. The summed E-state index contributed by atoms with van der Waals surface area (Å²) < 4.78 is 36.5. The maximum Gasteiger partial charge on any atom is 0.267 e. The van der Waals surface area contributed by atoms with Gasteiger partial charge in [-0.2, -0.15) is 4.98 Å². The number of hydrogen-bond donors (Lipinski definition) is 1. The monoisotopic (exact) mass is 297 g/mol. The van der Waals surface area contributed by atoms with Crippen molar-refractivity contribution in [2.45, 2.75) is 32.4 Å². The van der Waals surface area contributed by atoms with E-state index in [0.717, 1.165) is 12.1 Å². The Balaban J connectivity index is 2.02. The molecule has 0 saturated heterocycles. The highest BCUT2D eigenvalue weighted by atomic mass is 19.2. The molecule has 1 aromatic heterocycles. The van der Waals surface area contributed by atoms with Gasteiger partial charge in [-0.1, -0.05) is 5.16 Å². The number of ether oxygens (including phenoxy) is 1. The van der Waals surface area contributed by atoms with Gasteiger partial charge in [-0.3, -0.25) is 0 Å². The molecule has 1 N–H and O–H groups in total. The fourth-order valence-electron chi connectivity index (χ4n) is 1.70. The molecule has 2 rings (SSSR count). The average molecular weight is 297 g/mol. The summed E-state index contributed by atoms with van der Waals surface area (Å²) in [6.45, 7) is 3.69. The zero-order valence-electron chi connectivity index (χ0n) is 12.1. The predicted octanol–water partition coefficient (Wildman–Crippen LogP) is 2.64. The molecule has 2 aromatic rings. The van der Waals surface area contributed by atoms with Gasteiger partial charge in [0.1, 0.15) is 5.75 Å². The van der Waals surface area contributed by atoms with Crippen molar-refractivity contribution >= 4 is 0 Å². The second-order valence-corrected chi connectivity index (χ2v) is 4.78. The Bertz CT molecular complexity index is 604. The van der Waals surface area contributed by atoms with Crippen molar-refractivity contribution in [1.82, 2.24) is 15.5 Å². The van der Waals surface area contributed by atoms with Gasteiger partial charge in [-0.25, -0.2) is 8.78 Å². The largest absolute Gasteiger partial charge is 0.481 e. The number of rotatable bonds is 6. The normalized spacial score (nSPS) is 14.0. The van der Waals surface area contributed by atoms with Crippen LogP contribution in [0.1, 0.15) is 31.7 Å². The van der Waals surface area contributed by atoms with E-state index in [0.29, 0.717) is 12.2 Å². The van der Waals surface area contributed by atoms with Crippen LogP contribution in [0.4, 0.5) is 8.78 Å². The number of halogens is 2. The summed E-state index contributed by atoms with van der Waals surface area (Å²) >= 11 is 0. The second-order valence-electron chi connectivity index (χ2n) is 4.78. The van der Waals surface area contributed by atoms with E-state index in [9.17, 15) is 8.78 Å². The third-order valence-electron chi connectivity index (χ3n) is 3.02. The molecule has 114 valence electrons. The Morgan fingerprint density at radius 3 is 2.71 bits per heavy atom. The van der Waals surface area contributed by atoms with Crippen molar-refractivity contribution in [3.63, 3.8) is 0 Å². The Morgan fingerprint density at radius 2 is 2.05 bits per heavy atom. The third kappa shape index (κ3) is 3.98. The molecule has 0 spiro atoms. The van der Waals surface area contributed by atoms with Crippen molar-refractivity contribution in [2.75, 3.05) is 7.05 Å². The van der Waals surface area contributed by atoms with Crippen LogP contribution in [-0.4, -0.2) is 23.2 Å². The van der Waals surface area contributed by atoms with Crippen LogP contribution in [0.25, 0.3) is 0 Å². The van der Waals surface area contributed by atoms with Crippen LogP contribution in [0.15, 0.2) is 22.7 Å². The van der Waals surface area contributed by atoms with Gasteiger partial charge in [-0.15, -0.1) is 0 Å². The highest BCUT2D eigenvalue weighted by Crippen LogP contribution is 2.22. The van der Waals surface area contributed by atoms with Crippen LogP contribution in [0.3, 0.4) is 0 Å². The minimum atomic E-state index is -0.964. The molecule has 2 atom stereocenters. The number of nitrogens with one attached hydrogen (secondary N) is 1. The Hall–Kier alpha value is -2.02. The number of hydrogen-bond acceptors (Lipinski definition) is 5. The molecular formula is C14H17F2N3O2. The van der Waals surface area contributed by atoms with Gasteiger partial charge < -0.3 is 14.6 Å². The summed E-state index contributed by atoms with van der Waals surface area (Å²) in [4.78, 5) is 4.22. The van der Waals surface area contributed by atoms with Crippen LogP contribution in [0.5, 0.6) is 5.75 Å². The summed E-state index contributed by atoms with van der Waals surface area (Å²) in [6.07, 6.45) is 0.0683. The lowest BCUT2D eigenvalue weighted by Gasteiger charge is -2.10. The van der Waals surface area contributed by atoms with Gasteiger partial charge in [-0.05, 0) is 33.0 Å². The van der Waals surface area contributed by atoms with Gasteiger partial charge >= 0.3 is 0 Å². The molecule has 21 heavy (non-hydrogen) atoms. The standard InChI is InChI=1S/C14H17F2N3O2/c1-8(17-3)6-13-18-14(21-19-13)9(2)20-10-4-5-11(15)12(16)7-10/h4-5,7-9,17H,6H2,1-3H3. The average Bonchev–Trinajstić information content (AvgIpc) is 2.91. The molecule has 0 amide bonds. The number of likely N-dealkylation sites (N-methyl/N-ethyl adjacent to an activating group) is 1. The van der Waals surface area contributed by atoms with Gasteiger partial charge in [0.2, 0.25) is 0 Å². The van der Waals surface area contributed by atoms with Gasteiger partial charge in [0.15, 0.2) is 23.6 Å². The highest BCUT2D eigenvalue weighted by Gasteiger charge is 2.17. The Labute approximate surface area is 121 Å². The first-order chi connectivity index (χ1) is 9.99. The van der Waals surface area contributed by atoms with E-state index in [1.165, 1.54) is 6.07 Å². The van der Waals surface area contributed by atoms with E-state index in [2.05, 4.69) is 15.5 Å². The molecule has 0 fully saturated rings. The zero-order valence-corrected chi connectivity index (χ0v) is 12.1. The molecule has 0 saturated carbocycles. The van der Waals surface area contributed by atoms with Crippen LogP contribution < -0.4 is 10.1 Å². The van der Waals surface area contributed by atoms with Crippen LogP contribution >= 0.6 is 0 Å². The number of aromatic nitrogens is 2. The summed E-state index contributed by atoms with van der Waals surface area (Å²) in [5.41, 5.74) is 0. The summed E-state index contributed by atoms with van der Waals surface area (Å²) in [5.74, 6) is -0.833. The SMILES string of the molecule is CNC(C)Cc1noc(C(C)Oc2ccc(F)c(F)c2)n1. The van der Waals surface area contributed by atoms with E-state index < -0.39 is 17.7 Å². The summed E-state index contributed by atoms with van der Waals surface area (Å²) in [7, 11) is 1.85. The molecule has 1 heterocycles. The molecule has 0 bridgehead atoms. The van der Waals surface area contributed by atoms with E-state index in [-0.39, 0.29) is 17.7 Å². The van der Waals surface area contributed by atoms with Crippen LogP contribution in [0.2, 0.25) is 0 Å². The second kappa shape index (κ2) is 6.62. The molecule has 0 aliphatic rings. The number of nitrogens with zero attached hydrogens (tertiary/aromatic N) is 2. The molecular weight excluding hydrogens is 280 g/mol. The summed E-state index contributed by atoms with van der Waals surface area (Å²) in [6, 6.07) is 3.55. The molecule has 0 aliphatic heterocycles. The summed E-state index contributed by atoms with van der Waals surface area (Å²) in [5, 5.41) is 6.93. The maximum absolute atomic E-state index is 13.1. The highest BCUT2D eigenvalue weighted by molar-refractivity contribution is 5.24. The first-order valence-corrected chi connectivity index (χ1v) is 6.61. The van der Waals surface area contributed by atoms with Crippen molar-refractivity contribution < 1.29 is 18.0 Å². The van der Waals surface area contributed by atoms with E-state index in [1.807, 2.05) is 14.0 Å². The van der Waals surface area contributed by atoms with Gasteiger partial charge in [0.25, 0.3) is 5.89 Å². The predicted molar refractivity (Wildman–Crippen MR) is 71.9 cm³/mol. The van der Waals surface area contributed by atoms with Crippen LogP contribution in [-0.2, 0) is 6.42 Å². The first kappa shape index (κ1) is 15.4. The fourth-order valence-corrected chi connectivity index (χ4v) is 1.70. The lowest BCUT2D eigenvalue weighted by molar-refractivity contribution is 0.174. The van der Waals surface area contributed by atoms with Crippen molar-refractivity contribution in [3.8, 4) is 5.75 Å². The van der Waals surface area contributed by atoms with Crippen molar-refractivity contribution in [2.24, 2.45) is 0 Å². The molecule has 1 aromatic carbocycles. The topological polar surface area (TPSA) is 60.2 Å². The number of benzene rings is 1. The molecule has 7 heteroatoms. The zero-order chi connectivity index (χ0) is 15.4. The minimum absolute atomic E-state index is 0.199. The van der Waals surface area contributed by atoms with Crippen LogP contribution in [0, 0.1) is 11.6 Å². The third-order valence-corrected chi connectivity index (χ3v) is 3.02. The van der Waals surface area contributed by atoms with E-state index in [4.69, 9.17) is 9.26 Å². The smallest absolute Gasteiger partial charge is 0.267 e. The maximum atomic E-state index is 13.1. The van der Waals surface area contributed by atoms with Gasteiger partial charge in [0, 0.05) is 18.5 Å². The molecule has 2 unspecified atom stereocenters. The lowest BCUT2D eigenvalue weighted by atomic mass is 10.2. The fraction of sp³-hybridized carbons (Fsp3) is 0.429. The molecule has 5 nitrogen and oxygen atoms in total.